The Hall–Kier alpha value is -0.830. The largest absolute Gasteiger partial charge is 0.0622 e. The second kappa shape index (κ2) is 4.81. The molecule has 0 aliphatic carbocycles. The third-order valence-corrected chi connectivity index (χ3v) is 3.86. The molecule has 0 spiro atoms. The molecule has 0 atom stereocenters. The lowest BCUT2D eigenvalue weighted by Gasteiger charge is -2.20. The summed E-state index contributed by atoms with van der Waals surface area (Å²) in [5.74, 6) is 0. The lowest BCUT2D eigenvalue weighted by atomic mass is 9.85. The molecule has 0 saturated carbocycles. The fourth-order valence-electron chi connectivity index (χ4n) is 1.83. The maximum absolute atomic E-state index is 2.41. The van der Waals surface area contributed by atoms with E-state index in [1.807, 2.05) is 0 Å². The van der Waals surface area contributed by atoms with Crippen LogP contribution in [0.3, 0.4) is 0 Å². The molecule has 1 heteroatoms. The minimum absolute atomic E-state index is 0.202. The number of hydrogen-bond donors (Lipinski definition) is 0. The molecule has 0 nitrogen and oxygen atoms in total. The van der Waals surface area contributed by atoms with Crippen molar-refractivity contribution in [3.8, 4) is 11.1 Å². The predicted octanol–water partition coefficient (Wildman–Crippen LogP) is 5.26. The van der Waals surface area contributed by atoms with Gasteiger partial charge in [-0.1, -0.05) is 57.2 Å². The van der Waals surface area contributed by atoms with E-state index in [2.05, 4.69) is 91.9 Å². The molecular weight excluding hydrogens is 319 g/mol. The summed E-state index contributed by atoms with van der Waals surface area (Å²) in [6.45, 7) is 6.76. The summed E-state index contributed by atoms with van der Waals surface area (Å²) >= 11 is 2.41. The maximum Gasteiger partial charge on any atom is 0.0208 e. The van der Waals surface area contributed by atoms with Crippen LogP contribution in [0, 0.1) is 3.57 Å². The summed E-state index contributed by atoms with van der Waals surface area (Å²) in [5.41, 5.74) is 4.21. The molecule has 0 N–H and O–H groups in total. The number of rotatable bonds is 1. The highest BCUT2D eigenvalue weighted by Crippen LogP contribution is 2.31. The number of halogens is 1. The second-order valence-corrected chi connectivity index (χ2v) is 6.47. The van der Waals surface area contributed by atoms with Gasteiger partial charge in [-0.3, -0.25) is 0 Å². The van der Waals surface area contributed by atoms with E-state index >= 15 is 0 Å². The standard InChI is InChI=1S/C16H17I/c1-16(2,3)13-9-10-15(17)14(11-13)12-7-5-4-6-8-12/h4-11H,1-3H3. The summed E-state index contributed by atoms with van der Waals surface area (Å²) in [5, 5.41) is 0. The van der Waals surface area contributed by atoms with Crippen molar-refractivity contribution in [3.63, 3.8) is 0 Å². The Kier molecular flexibility index (Phi) is 3.57. The van der Waals surface area contributed by atoms with E-state index in [1.54, 1.807) is 0 Å². The van der Waals surface area contributed by atoms with Gasteiger partial charge in [0.1, 0.15) is 0 Å². The normalized spacial score (nSPS) is 11.5. The van der Waals surface area contributed by atoms with Crippen LogP contribution in [0.15, 0.2) is 48.5 Å². The van der Waals surface area contributed by atoms with Crippen LogP contribution in [0.25, 0.3) is 11.1 Å². The van der Waals surface area contributed by atoms with Crippen molar-refractivity contribution in [1.82, 2.24) is 0 Å². The van der Waals surface area contributed by atoms with E-state index in [1.165, 1.54) is 20.3 Å². The van der Waals surface area contributed by atoms with Crippen LogP contribution in [0.2, 0.25) is 0 Å². The van der Waals surface area contributed by atoms with Gasteiger partial charge in [-0.25, -0.2) is 0 Å². The Morgan fingerprint density at radius 3 is 2.12 bits per heavy atom. The second-order valence-electron chi connectivity index (χ2n) is 5.31. The molecule has 0 saturated heterocycles. The SMILES string of the molecule is CC(C)(C)c1ccc(I)c(-c2ccccc2)c1. The Morgan fingerprint density at radius 2 is 1.53 bits per heavy atom. The van der Waals surface area contributed by atoms with Crippen LogP contribution in [0.4, 0.5) is 0 Å². The van der Waals surface area contributed by atoms with Gasteiger partial charge in [0.05, 0.1) is 0 Å². The van der Waals surface area contributed by atoms with Crippen molar-refractivity contribution >= 4 is 22.6 Å². The summed E-state index contributed by atoms with van der Waals surface area (Å²) in [6.07, 6.45) is 0. The van der Waals surface area contributed by atoms with E-state index in [9.17, 15) is 0 Å². The van der Waals surface area contributed by atoms with E-state index < -0.39 is 0 Å². The fraction of sp³-hybridized carbons (Fsp3) is 0.250. The van der Waals surface area contributed by atoms with Crippen LogP contribution in [-0.4, -0.2) is 0 Å². The van der Waals surface area contributed by atoms with Gasteiger partial charge in [0, 0.05) is 3.57 Å². The van der Waals surface area contributed by atoms with Gasteiger partial charge in [-0.15, -0.1) is 0 Å². The Morgan fingerprint density at radius 1 is 0.882 bits per heavy atom. The van der Waals surface area contributed by atoms with Gasteiger partial charge in [0.2, 0.25) is 0 Å². The Labute approximate surface area is 117 Å². The molecule has 17 heavy (non-hydrogen) atoms. The minimum Gasteiger partial charge on any atom is -0.0622 e. The zero-order valence-electron chi connectivity index (χ0n) is 10.5. The van der Waals surface area contributed by atoms with E-state index in [4.69, 9.17) is 0 Å². The molecule has 0 heterocycles. The third-order valence-electron chi connectivity index (χ3n) is 2.92. The van der Waals surface area contributed by atoms with Crippen LogP contribution >= 0.6 is 22.6 Å². The zero-order valence-corrected chi connectivity index (χ0v) is 12.7. The van der Waals surface area contributed by atoms with Gasteiger partial charge < -0.3 is 0 Å². The Bertz CT molecular complexity index is 507. The first-order chi connectivity index (χ1) is 7.98. The molecule has 0 bridgehead atoms. The quantitative estimate of drug-likeness (QED) is 0.624. The average molecular weight is 336 g/mol. The first-order valence-electron chi connectivity index (χ1n) is 5.84. The van der Waals surface area contributed by atoms with Gasteiger partial charge >= 0.3 is 0 Å². The Balaban J connectivity index is 2.55. The number of hydrogen-bond acceptors (Lipinski definition) is 0. The van der Waals surface area contributed by atoms with Crippen molar-refractivity contribution in [1.29, 1.82) is 0 Å². The molecule has 0 aliphatic heterocycles. The maximum atomic E-state index is 2.41. The van der Waals surface area contributed by atoms with Crippen LogP contribution in [0.1, 0.15) is 26.3 Å². The molecule has 2 rings (SSSR count). The highest BCUT2D eigenvalue weighted by atomic mass is 127. The van der Waals surface area contributed by atoms with Crippen molar-refractivity contribution in [2.75, 3.05) is 0 Å². The first-order valence-corrected chi connectivity index (χ1v) is 6.92. The van der Waals surface area contributed by atoms with Gasteiger partial charge in [0.15, 0.2) is 0 Å². The lowest BCUT2D eigenvalue weighted by Crippen LogP contribution is -2.11. The van der Waals surface area contributed by atoms with Gasteiger partial charge in [0.25, 0.3) is 0 Å². The van der Waals surface area contributed by atoms with E-state index in [0.717, 1.165) is 0 Å². The van der Waals surface area contributed by atoms with E-state index in [-0.39, 0.29) is 5.41 Å². The molecule has 2 aromatic carbocycles. The lowest BCUT2D eigenvalue weighted by molar-refractivity contribution is 0.590. The number of benzene rings is 2. The molecule has 0 aliphatic rings. The van der Waals surface area contributed by atoms with Gasteiger partial charge in [-0.05, 0) is 56.8 Å². The molecule has 0 fully saturated rings. The zero-order chi connectivity index (χ0) is 12.5. The summed E-state index contributed by atoms with van der Waals surface area (Å²) in [6, 6.07) is 17.3. The summed E-state index contributed by atoms with van der Waals surface area (Å²) < 4.78 is 1.31. The van der Waals surface area contributed by atoms with Crippen LogP contribution in [-0.2, 0) is 5.41 Å². The van der Waals surface area contributed by atoms with Crippen LogP contribution in [0.5, 0.6) is 0 Å². The van der Waals surface area contributed by atoms with Crippen molar-refractivity contribution in [2.45, 2.75) is 26.2 Å². The highest BCUT2D eigenvalue weighted by molar-refractivity contribution is 14.1. The van der Waals surface area contributed by atoms with Crippen molar-refractivity contribution in [3.05, 3.63) is 57.7 Å². The van der Waals surface area contributed by atoms with Crippen molar-refractivity contribution in [2.24, 2.45) is 0 Å². The fourth-order valence-corrected chi connectivity index (χ4v) is 2.48. The van der Waals surface area contributed by atoms with E-state index in [0.29, 0.717) is 0 Å². The first kappa shape index (κ1) is 12.6. The topological polar surface area (TPSA) is 0 Å². The molecule has 0 unspecified atom stereocenters. The molecule has 88 valence electrons. The molecule has 2 aromatic rings. The van der Waals surface area contributed by atoms with Gasteiger partial charge in [-0.2, -0.15) is 0 Å². The molecule has 0 amide bonds. The summed E-state index contributed by atoms with van der Waals surface area (Å²) in [4.78, 5) is 0. The predicted molar refractivity (Wildman–Crippen MR) is 83.3 cm³/mol. The summed E-state index contributed by atoms with van der Waals surface area (Å²) in [7, 11) is 0. The molecule has 0 aromatic heterocycles. The smallest absolute Gasteiger partial charge is 0.0208 e. The average Bonchev–Trinajstić information content (AvgIpc) is 2.29. The van der Waals surface area contributed by atoms with Crippen molar-refractivity contribution < 1.29 is 0 Å². The molecular formula is C16H17I. The third kappa shape index (κ3) is 2.89. The molecule has 0 radical (unpaired) electrons. The monoisotopic (exact) mass is 336 g/mol. The highest BCUT2D eigenvalue weighted by Gasteiger charge is 2.15. The minimum atomic E-state index is 0.202. The van der Waals surface area contributed by atoms with Crippen LogP contribution < -0.4 is 0 Å².